The molecule has 0 radical (unpaired) electrons. The van der Waals surface area contributed by atoms with E-state index in [0.29, 0.717) is 17.9 Å². The van der Waals surface area contributed by atoms with Crippen LogP contribution in [0.1, 0.15) is 53.4 Å². The zero-order valence-electron chi connectivity index (χ0n) is 15.1. The molecule has 2 rings (SSSR count). The molecule has 2 aliphatic carbocycles. The normalized spacial score (nSPS) is 32.7. The van der Waals surface area contributed by atoms with Gasteiger partial charge in [0, 0.05) is 18.9 Å². The third-order valence-corrected chi connectivity index (χ3v) is 10.4. The van der Waals surface area contributed by atoms with E-state index >= 15 is 0 Å². The average molecular weight is 325 g/mol. The van der Waals surface area contributed by atoms with Gasteiger partial charge in [-0.05, 0) is 49.7 Å². The highest BCUT2D eigenvalue weighted by Crippen LogP contribution is 2.49. The summed E-state index contributed by atoms with van der Waals surface area (Å²) in [5.74, 6) is 0.597. The summed E-state index contributed by atoms with van der Waals surface area (Å²) in [6, 6.07) is 0. The lowest BCUT2D eigenvalue weighted by atomic mass is 9.76. The van der Waals surface area contributed by atoms with Gasteiger partial charge in [-0.15, -0.1) is 0 Å². The number of fused-ring (bicyclic) bond motifs is 1. The average Bonchev–Trinajstić information content (AvgIpc) is 2.73. The van der Waals surface area contributed by atoms with Gasteiger partial charge in [0.2, 0.25) is 0 Å². The van der Waals surface area contributed by atoms with Crippen LogP contribution in [-0.2, 0) is 14.0 Å². The topological polar surface area (TPSA) is 35.5 Å². The van der Waals surface area contributed by atoms with Gasteiger partial charge in [-0.25, -0.2) is 0 Å². The molecule has 2 saturated carbocycles. The number of hydrogen-bond acceptors (Lipinski definition) is 3. The van der Waals surface area contributed by atoms with Gasteiger partial charge >= 0.3 is 5.97 Å². The summed E-state index contributed by atoms with van der Waals surface area (Å²) in [4.78, 5) is 11.4. The first kappa shape index (κ1) is 17.7. The molecular weight excluding hydrogens is 292 g/mol. The standard InChI is InChI=1S/C18H32O3Si/c1-12-8-9-14-15(21-22(6,7)18(3,4)5)10-11-16(17(12)14)20-13(2)19/h14-17H,1,8-11H2,2-7H3/t14-,15+,16+,17-/m1/s1. The molecular formula is C18H32O3Si. The van der Waals surface area contributed by atoms with E-state index in [4.69, 9.17) is 9.16 Å². The molecule has 0 saturated heterocycles. The smallest absolute Gasteiger partial charge is 0.302 e. The van der Waals surface area contributed by atoms with Crippen LogP contribution in [-0.4, -0.2) is 26.5 Å². The molecule has 0 amide bonds. The molecule has 2 fully saturated rings. The fraction of sp³-hybridized carbons (Fsp3) is 0.833. The second kappa shape index (κ2) is 6.12. The van der Waals surface area contributed by atoms with Gasteiger partial charge in [0.1, 0.15) is 6.10 Å². The minimum Gasteiger partial charge on any atom is -0.462 e. The monoisotopic (exact) mass is 324 g/mol. The number of hydrogen-bond donors (Lipinski definition) is 0. The molecule has 0 aromatic carbocycles. The Labute approximate surface area is 136 Å². The second-order valence-corrected chi connectivity index (χ2v) is 13.3. The van der Waals surface area contributed by atoms with Crippen molar-refractivity contribution in [3.05, 3.63) is 12.2 Å². The van der Waals surface area contributed by atoms with Crippen LogP contribution in [0.5, 0.6) is 0 Å². The maximum atomic E-state index is 11.4. The predicted molar refractivity (Wildman–Crippen MR) is 92.2 cm³/mol. The lowest BCUT2D eigenvalue weighted by Gasteiger charge is -2.45. The third-order valence-electron chi connectivity index (χ3n) is 5.91. The van der Waals surface area contributed by atoms with E-state index in [0.717, 1.165) is 25.7 Å². The van der Waals surface area contributed by atoms with Gasteiger partial charge in [0.05, 0.1) is 0 Å². The Morgan fingerprint density at radius 2 is 1.77 bits per heavy atom. The Hall–Kier alpha value is -0.613. The van der Waals surface area contributed by atoms with E-state index < -0.39 is 8.32 Å². The Bertz CT molecular complexity index is 450. The van der Waals surface area contributed by atoms with Crippen LogP contribution in [0.4, 0.5) is 0 Å². The largest absolute Gasteiger partial charge is 0.462 e. The highest BCUT2D eigenvalue weighted by atomic mass is 28.4. The van der Waals surface area contributed by atoms with Crippen LogP contribution in [0, 0.1) is 11.8 Å². The lowest BCUT2D eigenvalue weighted by Crippen LogP contribution is -2.49. The summed E-state index contributed by atoms with van der Waals surface area (Å²) < 4.78 is 12.3. The van der Waals surface area contributed by atoms with E-state index in [2.05, 4.69) is 40.4 Å². The molecule has 0 aromatic rings. The molecule has 4 atom stereocenters. The number of ether oxygens (including phenoxy) is 1. The highest BCUT2D eigenvalue weighted by molar-refractivity contribution is 6.74. The van der Waals surface area contributed by atoms with Crippen molar-refractivity contribution in [3.63, 3.8) is 0 Å². The van der Waals surface area contributed by atoms with Crippen LogP contribution in [0.3, 0.4) is 0 Å². The lowest BCUT2D eigenvalue weighted by molar-refractivity contribution is -0.153. The molecule has 0 aliphatic heterocycles. The van der Waals surface area contributed by atoms with Gasteiger partial charge in [-0.1, -0.05) is 32.9 Å². The van der Waals surface area contributed by atoms with Crippen LogP contribution in [0.2, 0.25) is 18.1 Å². The first-order chi connectivity index (χ1) is 10.0. The Balaban J connectivity index is 2.14. The van der Waals surface area contributed by atoms with Crippen molar-refractivity contribution in [1.29, 1.82) is 0 Å². The van der Waals surface area contributed by atoms with Crippen LogP contribution in [0.25, 0.3) is 0 Å². The summed E-state index contributed by atoms with van der Waals surface area (Å²) in [6.45, 7) is 17.3. The first-order valence-corrected chi connectivity index (χ1v) is 11.5. The Kier molecular flexibility index (Phi) is 4.93. The molecule has 0 unspecified atom stereocenters. The fourth-order valence-corrected chi connectivity index (χ4v) is 5.13. The molecule has 4 heteroatoms. The molecule has 0 spiro atoms. The summed E-state index contributed by atoms with van der Waals surface area (Å²) >= 11 is 0. The molecule has 0 N–H and O–H groups in total. The van der Waals surface area contributed by atoms with Gasteiger partial charge in [0.25, 0.3) is 0 Å². The van der Waals surface area contributed by atoms with Crippen LogP contribution in [0.15, 0.2) is 12.2 Å². The van der Waals surface area contributed by atoms with E-state index in [1.807, 2.05) is 0 Å². The zero-order chi connectivity index (χ0) is 16.7. The van der Waals surface area contributed by atoms with Crippen LogP contribution >= 0.6 is 0 Å². The van der Waals surface area contributed by atoms with Gasteiger partial charge in [-0.2, -0.15) is 0 Å². The molecule has 2 aliphatic rings. The molecule has 0 aromatic heterocycles. The zero-order valence-corrected chi connectivity index (χ0v) is 16.1. The van der Waals surface area contributed by atoms with Crippen molar-refractivity contribution in [3.8, 4) is 0 Å². The van der Waals surface area contributed by atoms with E-state index in [1.165, 1.54) is 12.5 Å². The Morgan fingerprint density at radius 1 is 1.18 bits per heavy atom. The summed E-state index contributed by atoms with van der Waals surface area (Å²) in [6.07, 6.45) is 4.39. The summed E-state index contributed by atoms with van der Waals surface area (Å²) in [5, 5.41) is 0.227. The number of carbonyl (C=O) groups is 1. The van der Waals surface area contributed by atoms with Crippen molar-refractivity contribution in [2.75, 3.05) is 0 Å². The quantitative estimate of drug-likeness (QED) is 0.429. The van der Waals surface area contributed by atoms with Gasteiger partial charge in [0.15, 0.2) is 8.32 Å². The van der Waals surface area contributed by atoms with E-state index in [1.54, 1.807) is 0 Å². The first-order valence-electron chi connectivity index (χ1n) is 8.55. The number of esters is 1. The third kappa shape index (κ3) is 3.48. The van der Waals surface area contributed by atoms with Crippen molar-refractivity contribution in [2.45, 2.75) is 83.7 Å². The van der Waals surface area contributed by atoms with Crippen molar-refractivity contribution >= 4 is 14.3 Å². The van der Waals surface area contributed by atoms with E-state index in [9.17, 15) is 4.79 Å². The minimum absolute atomic E-state index is 0.0109. The van der Waals surface area contributed by atoms with Crippen LogP contribution < -0.4 is 0 Å². The predicted octanol–water partition coefficient (Wildman–Crippen LogP) is 4.68. The Morgan fingerprint density at radius 3 is 2.32 bits per heavy atom. The maximum Gasteiger partial charge on any atom is 0.302 e. The van der Waals surface area contributed by atoms with Crippen molar-refractivity contribution < 1.29 is 14.0 Å². The minimum atomic E-state index is -1.77. The van der Waals surface area contributed by atoms with E-state index in [-0.39, 0.29) is 17.1 Å². The SMILES string of the molecule is C=C1CC[C@H]2[C@@H]1[C@@H](OC(C)=O)CC[C@@H]2O[Si](C)(C)C(C)(C)C. The molecule has 0 heterocycles. The van der Waals surface area contributed by atoms with Crippen molar-refractivity contribution in [2.24, 2.45) is 11.8 Å². The molecule has 3 nitrogen and oxygen atoms in total. The van der Waals surface area contributed by atoms with Gasteiger partial charge in [-0.3, -0.25) is 4.79 Å². The number of carbonyl (C=O) groups excluding carboxylic acids is 1. The summed E-state index contributed by atoms with van der Waals surface area (Å²) in [5.41, 5.74) is 1.25. The second-order valence-electron chi connectivity index (χ2n) is 8.53. The molecule has 22 heavy (non-hydrogen) atoms. The van der Waals surface area contributed by atoms with Gasteiger partial charge < -0.3 is 9.16 Å². The molecule has 126 valence electrons. The fourth-order valence-electron chi connectivity index (χ4n) is 3.73. The highest BCUT2D eigenvalue weighted by Gasteiger charge is 2.49. The van der Waals surface area contributed by atoms with Crippen molar-refractivity contribution in [1.82, 2.24) is 0 Å². The number of rotatable bonds is 3. The molecule has 0 bridgehead atoms. The maximum absolute atomic E-state index is 11.4. The summed E-state index contributed by atoms with van der Waals surface area (Å²) in [7, 11) is -1.77.